The van der Waals surface area contributed by atoms with Gasteiger partial charge in [0.1, 0.15) is 11.8 Å². The molecule has 0 fully saturated rings. The summed E-state index contributed by atoms with van der Waals surface area (Å²) in [7, 11) is 1.98. The summed E-state index contributed by atoms with van der Waals surface area (Å²) >= 11 is 0. The molecule has 0 aliphatic rings. The van der Waals surface area contributed by atoms with Gasteiger partial charge in [0.25, 0.3) is 0 Å². The average Bonchev–Trinajstić information content (AvgIpc) is 2.91. The van der Waals surface area contributed by atoms with Gasteiger partial charge in [-0.15, -0.1) is 0 Å². The van der Waals surface area contributed by atoms with Gasteiger partial charge >= 0.3 is 13.7 Å². The number of methoxy groups -OCH3 is 1. The van der Waals surface area contributed by atoms with E-state index in [1.807, 2.05) is 0 Å². The minimum Gasteiger partial charge on any atom is -0.481 e. The molecule has 27 heavy (non-hydrogen) atoms. The fraction of sp³-hybridized carbons (Fsp3) is 0.688. The average molecular weight is 405 g/mol. The summed E-state index contributed by atoms with van der Waals surface area (Å²) in [5.74, 6) is -0.0366. The van der Waals surface area contributed by atoms with Gasteiger partial charge in [0.2, 0.25) is 5.88 Å². The van der Waals surface area contributed by atoms with Crippen LogP contribution in [0.3, 0.4) is 0 Å². The van der Waals surface area contributed by atoms with Gasteiger partial charge in [-0.25, -0.2) is 9.48 Å². The van der Waals surface area contributed by atoms with Crippen molar-refractivity contribution in [2.45, 2.75) is 38.8 Å². The third-order valence-electron chi connectivity index (χ3n) is 3.50. The van der Waals surface area contributed by atoms with Crippen LogP contribution < -0.4 is 10.1 Å². The zero-order valence-corrected chi connectivity index (χ0v) is 17.7. The molecule has 154 valence electrons. The maximum Gasteiger partial charge on any atom is 0.408 e. The number of ether oxygens (including phenoxy) is 2. The van der Waals surface area contributed by atoms with E-state index in [-0.39, 0.29) is 6.42 Å². The highest BCUT2D eigenvalue weighted by Crippen LogP contribution is 2.46. The summed E-state index contributed by atoms with van der Waals surface area (Å²) in [6, 6.07) is 0.613. The molecule has 1 aromatic rings. The highest BCUT2D eigenvalue weighted by atomic mass is 31.2. The Morgan fingerprint density at radius 3 is 2.30 bits per heavy atom. The normalized spacial score (nSPS) is 13.1. The second-order valence-corrected chi connectivity index (χ2v) is 9.07. The van der Waals surface area contributed by atoms with Gasteiger partial charge in [-0.2, -0.15) is 5.10 Å². The smallest absolute Gasteiger partial charge is 0.408 e. The summed E-state index contributed by atoms with van der Waals surface area (Å²) < 4.78 is 33.8. The van der Waals surface area contributed by atoms with Crippen LogP contribution in [0.25, 0.3) is 0 Å². The molecule has 10 nitrogen and oxygen atoms in total. The largest absolute Gasteiger partial charge is 0.481 e. The van der Waals surface area contributed by atoms with Crippen LogP contribution in [0.2, 0.25) is 0 Å². The van der Waals surface area contributed by atoms with Crippen LogP contribution in [-0.2, 0) is 36.6 Å². The number of aromatic nitrogens is 2. The highest BCUT2D eigenvalue weighted by molar-refractivity contribution is 7.54. The van der Waals surface area contributed by atoms with Crippen molar-refractivity contribution in [2.75, 3.05) is 27.5 Å². The lowest BCUT2D eigenvalue weighted by Crippen LogP contribution is -2.45. The molecular weight excluding hydrogens is 377 g/mol. The summed E-state index contributed by atoms with van der Waals surface area (Å²) in [5, 5.41) is 6.74. The monoisotopic (exact) mass is 405 g/mol. The molecule has 0 saturated heterocycles. The Labute approximate surface area is 159 Å². The lowest BCUT2D eigenvalue weighted by Gasteiger charge is -2.23. The van der Waals surface area contributed by atoms with Gasteiger partial charge in [0.15, 0.2) is 5.78 Å². The minimum atomic E-state index is -3.58. The first-order valence-electron chi connectivity index (χ1n) is 8.22. The molecule has 1 aromatic heterocycles. The van der Waals surface area contributed by atoms with Gasteiger partial charge in [-0.1, -0.05) is 0 Å². The number of alkyl carbamates (subject to hydrolysis) is 1. The van der Waals surface area contributed by atoms with Crippen LogP contribution in [0.5, 0.6) is 5.88 Å². The first kappa shape index (κ1) is 23.1. The summed E-state index contributed by atoms with van der Waals surface area (Å²) in [5.41, 5.74) is -0.228. The number of nitrogens with zero attached hydrogens (tertiary/aromatic N) is 2. The number of carbonyl (C=O) groups is 2. The predicted molar refractivity (Wildman–Crippen MR) is 98.1 cm³/mol. The molecule has 11 heteroatoms. The molecule has 0 spiro atoms. The molecule has 1 N–H and O–H groups in total. The van der Waals surface area contributed by atoms with Gasteiger partial charge in [0.05, 0.1) is 18.8 Å². The second-order valence-electron chi connectivity index (χ2n) is 6.81. The predicted octanol–water partition coefficient (Wildman–Crippen LogP) is 1.92. The van der Waals surface area contributed by atoms with Crippen molar-refractivity contribution < 1.29 is 32.7 Å². The van der Waals surface area contributed by atoms with Crippen molar-refractivity contribution in [1.29, 1.82) is 0 Å². The van der Waals surface area contributed by atoms with Crippen molar-refractivity contribution in [2.24, 2.45) is 7.05 Å². The fourth-order valence-electron chi connectivity index (χ4n) is 2.21. The number of amides is 1. The van der Waals surface area contributed by atoms with Gasteiger partial charge in [0, 0.05) is 33.8 Å². The molecule has 0 radical (unpaired) electrons. The lowest BCUT2D eigenvalue weighted by atomic mass is 10.1. The third-order valence-corrected chi connectivity index (χ3v) is 5.31. The Balaban J connectivity index is 3.01. The van der Waals surface area contributed by atoms with E-state index in [2.05, 4.69) is 10.4 Å². The van der Waals surface area contributed by atoms with Crippen molar-refractivity contribution in [1.82, 2.24) is 15.1 Å². The van der Waals surface area contributed by atoms with E-state index in [1.54, 1.807) is 33.9 Å². The van der Waals surface area contributed by atoms with Crippen LogP contribution >= 0.6 is 7.60 Å². The molecule has 1 heterocycles. The summed E-state index contributed by atoms with van der Waals surface area (Å²) in [6.45, 7) is 5.12. The van der Waals surface area contributed by atoms with Gasteiger partial charge < -0.3 is 23.8 Å². The van der Waals surface area contributed by atoms with E-state index < -0.39 is 37.3 Å². The Hall–Kier alpha value is -1.90. The van der Waals surface area contributed by atoms with Gasteiger partial charge in [-0.05, 0) is 20.8 Å². The fourth-order valence-corrected chi connectivity index (χ4v) is 3.22. The van der Waals surface area contributed by atoms with Crippen molar-refractivity contribution >= 4 is 19.5 Å². The van der Waals surface area contributed by atoms with Crippen molar-refractivity contribution in [3.63, 3.8) is 0 Å². The maximum absolute atomic E-state index is 12.7. The zero-order chi connectivity index (χ0) is 20.8. The van der Waals surface area contributed by atoms with Crippen LogP contribution in [0.1, 0.15) is 26.5 Å². The lowest BCUT2D eigenvalue weighted by molar-refractivity contribution is -0.119. The van der Waals surface area contributed by atoms with E-state index in [1.165, 1.54) is 26.0 Å². The van der Waals surface area contributed by atoms with E-state index >= 15 is 0 Å². The van der Waals surface area contributed by atoms with Gasteiger partial charge in [-0.3, -0.25) is 9.36 Å². The van der Waals surface area contributed by atoms with E-state index in [0.29, 0.717) is 11.6 Å². The minimum absolute atomic E-state index is 0.0582. The van der Waals surface area contributed by atoms with E-state index in [4.69, 9.17) is 18.5 Å². The zero-order valence-electron chi connectivity index (χ0n) is 16.8. The van der Waals surface area contributed by atoms with E-state index in [0.717, 1.165) is 0 Å². The van der Waals surface area contributed by atoms with Crippen LogP contribution in [-0.4, -0.2) is 60.8 Å². The third kappa shape index (κ3) is 7.32. The first-order chi connectivity index (χ1) is 12.4. The first-order valence-corrected chi connectivity index (χ1v) is 9.95. The molecule has 0 bridgehead atoms. The Morgan fingerprint density at radius 1 is 1.26 bits per heavy atom. The molecule has 0 unspecified atom stereocenters. The standard InChI is InChI=1S/C16H28N3O7P/c1-16(2,3)26-15(21)17-12(13(20)10-27(22,24-6)25-7)8-11-9-14(23-5)19(4)18-11/h9,12H,8,10H2,1-7H3,(H,17,21)/t12-/m0/s1. The molecule has 0 aliphatic heterocycles. The molecule has 0 aliphatic carbocycles. The number of hydrogen-bond donors (Lipinski definition) is 1. The summed E-state index contributed by atoms with van der Waals surface area (Å²) in [6.07, 6.45) is -1.21. The molecular formula is C16H28N3O7P. The molecule has 1 atom stereocenters. The maximum atomic E-state index is 12.7. The second kappa shape index (κ2) is 9.34. The van der Waals surface area contributed by atoms with Crippen LogP contribution in [0.4, 0.5) is 4.79 Å². The molecule has 0 aromatic carbocycles. The van der Waals surface area contributed by atoms with Crippen LogP contribution in [0.15, 0.2) is 6.07 Å². The molecule has 0 saturated carbocycles. The Kier molecular flexibility index (Phi) is 8.01. The summed E-state index contributed by atoms with van der Waals surface area (Å²) in [4.78, 5) is 24.8. The van der Waals surface area contributed by atoms with Crippen molar-refractivity contribution in [3.8, 4) is 5.88 Å². The quantitative estimate of drug-likeness (QED) is 0.619. The SMILES string of the molecule is COc1cc(C[C@H](NC(=O)OC(C)(C)C)C(=O)CP(=O)(OC)OC)nn1C. The number of rotatable bonds is 9. The number of ketones is 1. The Morgan fingerprint density at radius 2 is 1.85 bits per heavy atom. The number of Topliss-reactive ketones (excluding diaryl/α,β-unsaturated/α-hetero) is 1. The Bertz CT molecular complexity index is 703. The highest BCUT2D eigenvalue weighted by Gasteiger charge is 2.32. The van der Waals surface area contributed by atoms with E-state index in [9.17, 15) is 14.2 Å². The molecule has 1 amide bonds. The molecule has 1 rings (SSSR count). The van der Waals surface area contributed by atoms with Crippen LogP contribution in [0, 0.1) is 0 Å². The number of carbonyl (C=O) groups excluding carboxylic acids is 2. The van der Waals surface area contributed by atoms with Crippen molar-refractivity contribution in [3.05, 3.63) is 11.8 Å². The number of aryl methyl sites for hydroxylation is 1. The topological polar surface area (TPSA) is 118 Å². The number of hydrogen-bond acceptors (Lipinski definition) is 8. The number of nitrogens with one attached hydrogen (secondary N) is 1.